The number of anilines is 1. The molecule has 33 heavy (non-hydrogen) atoms. The second-order valence-corrected chi connectivity index (χ2v) is 8.67. The normalized spacial score (nSPS) is 17.8. The maximum absolute atomic E-state index is 13.8. The fourth-order valence-electron chi connectivity index (χ4n) is 4.44. The number of halogens is 1. The van der Waals surface area contributed by atoms with Crippen molar-refractivity contribution >= 4 is 40.1 Å². The number of imidazole rings is 1. The molecule has 166 valence electrons. The van der Waals surface area contributed by atoms with E-state index in [9.17, 15) is 9.59 Å². The molecule has 1 aromatic heterocycles. The van der Waals surface area contributed by atoms with E-state index in [1.165, 1.54) is 0 Å². The van der Waals surface area contributed by atoms with Gasteiger partial charge in [-0.1, -0.05) is 60.1 Å². The summed E-state index contributed by atoms with van der Waals surface area (Å²) in [7, 11) is 0. The number of hydrogen-bond acceptors (Lipinski definition) is 3. The molecule has 4 aromatic rings. The van der Waals surface area contributed by atoms with Gasteiger partial charge >= 0.3 is 0 Å². The van der Waals surface area contributed by atoms with Crippen molar-refractivity contribution in [2.24, 2.45) is 0 Å². The molecule has 0 bridgehead atoms. The number of aromatic nitrogens is 2. The van der Waals surface area contributed by atoms with Crippen molar-refractivity contribution in [2.45, 2.75) is 32.0 Å². The average Bonchev–Trinajstić information content (AvgIpc) is 3.20. The molecule has 0 saturated heterocycles. The lowest BCUT2D eigenvalue weighted by molar-refractivity contribution is -0.142. The Labute approximate surface area is 196 Å². The highest BCUT2D eigenvalue weighted by molar-refractivity contribution is 6.30. The van der Waals surface area contributed by atoms with Gasteiger partial charge in [0.15, 0.2) is 0 Å². The van der Waals surface area contributed by atoms with Crippen molar-refractivity contribution in [3.05, 3.63) is 95.3 Å². The standard InChI is InChI=1S/C26H23ClN4O2/c1-17-25-29-21-12-5-6-13-22(21)31(25)23(15-24(32)28-20-11-7-10-19(27)14-20)26(33)30(17)16-18-8-3-2-4-9-18/h2-14,17,23H,15-16H2,1H3,(H,28,32)/t17-,23-/m0/s1. The number of amides is 2. The third kappa shape index (κ3) is 4.10. The summed E-state index contributed by atoms with van der Waals surface area (Å²) in [6.45, 7) is 2.44. The molecule has 0 saturated carbocycles. The van der Waals surface area contributed by atoms with Crippen LogP contribution in [0.2, 0.25) is 5.02 Å². The molecule has 0 radical (unpaired) electrons. The minimum Gasteiger partial charge on any atom is -0.327 e. The molecule has 0 unspecified atom stereocenters. The van der Waals surface area contributed by atoms with Gasteiger partial charge in [0.25, 0.3) is 0 Å². The van der Waals surface area contributed by atoms with Gasteiger partial charge in [-0.2, -0.15) is 0 Å². The van der Waals surface area contributed by atoms with Gasteiger partial charge in [-0.3, -0.25) is 9.59 Å². The summed E-state index contributed by atoms with van der Waals surface area (Å²) in [5.74, 6) is 0.434. The van der Waals surface area contributed by atoms with Crippen LogP contribution in [0.15, 0.2) is 78.9 Å². The second kappa shape index (κ2) is 8.71. The van der Waals surface area contributed by atoms with Gasteiger partial charge in [0.2, 0.25) is 11.8 Å². The van der Waals surface area contributed by atoms with Crippen molar-refractivity contribution in [3.63, 3.8) is 0 Å². The summed E-state index contributed by atoms with van der Waals surface area (Å²) < 4.78 is 1.93. The Balaban J connectivity index is 1.51. The lowest BCUT2D eigenvalue weighted by Crippen LogP contribution is -2.45. The van der Waals surface area contributed by atoms with Gasteiger partial charge in [0.05, 0.1) is 23.5 Å². The van der Waals surface area contributed by atoms with Gasteiger partial charge < -0.3 is 14.8 Å². The summed E-state index contributed by atoms with van der Waals surface area (Å²) in [6.07, 6.45) is -0.00326. The smallest absolute Gasteiger partial charge is 0.247 e. The Morgan fingerprint density at radius 3 is 2.58 bits per heavy atom. The number of fused-ring (bicyclic) bond motifs is 3. The topological polar surface area (TPSA) is 67.2 Å². The maximum atomic E-state index is 13.8. The highest BCUT2D eigenvalue weighted by Gasteiger charge is 2.40. The van der Waals surface area contributed by atoms with Crippen molar-refractivity contribution in [1.82, 2.24) is 14.5 Å². The molecule has 5 rings (SSSR count). The van der Waals surface area contributed by atoms with Gasteiger partial charge in [-0.05, 0) is 42.8 Å². The molecule has 1 aliphatic heterocycles. The lowest BCUT2D eigenvalue weighted by atomic mass is 10.0. The zero-order chi connectivity index (χ0) is 22.9. The number of rotatable bonds is 5. The largest absolute Gasteiger partial charge is 0.327 e. The van der Waals surface area contributed by atoms with E-state index in [1.54, 1.807) is 24.3 Å². The molecule has 7 heteroatoms. The molecule has 2 amide bonds. The third-order valence-corrected chi connectivity index (χ3v) is 6.26. The molecule has 2 atom stereocenters. The van der Waals surface area contributed by atoms with Crippen molar-refractivity contribution in [2.75, 3.05) is 5.32 Å². The number of para-hydroxylation sites is 2. The van der Waals surface area contributed by atoms with Crippen LogP contribution in [0.5, 0.6) is 0 Å². The van der Waals surface area contributed by atoms with Gasteiger partial charge in [0.1, 0.15) is 11.9 Å². The number of nitrogens with zero attached hydrogens (tertiary/aromatic N) is 3. The first-order chi connectivity index (χ1) is 16.0. The molecule has 6 nitrogen and oxygen atoms in total. The van der Waals surface area contributed by atoms with E-state index in [2.05, 4.69) is 5.32 Å². The van der Waals surface area contributed by atoms with Crippen LogP contribution in [-0.4, -0.2) is 26.3 Å². The molecule has 1 N–H and O–H groups in total. The fourth-order valence-corrected chi connectivity index (χ4v) is 4.64. The molecule has 0 aliphatic carbocycles. The van der Waals surface area contributed by atoms with Crippen LogP contribution in [0, 0.1) is 0 Å². The monoisotopic (exact) mass is 458 g/mol. The molecule has 3 aromatic carbocycles. The van der Waals surface area contributed by atoms with E-state index >= 15 is 0 Å². The fraction of sp³-hybridized carbons (Fsp3) is 0.192. The third-order valence-electron chi connectivity index (χ3n) is 6.03. The summed E-state index contributed by atoms with van der Waals surface area (Å²) in [5.41, 5.74) is 3.30. The Morgan fingerprint density at radius 1 is 1.03 bits per heavy atom. The number of hydrogen-bond donors (Lipinski definition) is 1. The van der Waals surface area contributed by atoms with Gasteiger partial charge in [-0.15, -0.1) is 0 Å². The molecule has 1 aliphatic rings. The number of benzene rings is 3. The maximum Gasteiger partial charge on any atom is 0.247 e. The summed E-state index contributed by atoms with van der Waals surface area (Å²) in [6, 6.07) is 23.7. The van der Waals surface area contributed by atoms with E-state index in [0.29, 0.717) is 17.3 Å². The predicted octanol–water partition coefficient (Wildman–Crippen LogP) is 5.36. The second-order valence-electron chi connectivity index (χ2n) is 8.23. The highest BCUT2D eigenvalue weighted by Crippen LogP contribution is 2.37. The van der Waals surface area contributed by atoms with E-state index < -0.39 is 6.04 Å². The first-order valence-electron chi connectivity index (χ1n) is 10.9. The molecule has 0 fully saturated rings. The predicted molar refractivity (Wildman–Crippen MR) is 129 cm³/mol. The van der Waals surface area contributed by atoms with Crippen LogP contribution in [0.1, 0.15) is 36.8 Å². The van der Waals surface area contributed by atoms with E-state index in [1.807, 2.05) is 71.0 Å². The first kappa shape index (κ1) is 21.2. The number of carbonyl (C=O) groups excluding carboxylic acids is 2. The summed E-state index contributed by atoms with van der Waals surface area (Å²) in [4.78, 5) is 33.4. The zero-order valence-corrected chi connectivity index (χ0v) is 18.9. The van der Waals surface area contributed by atoms with Crippen LogP contribution in [-0.2, 0) is 16.1 Å². The first-order valence-corrected chi connectivity index (χ1v) is 11.3. The quantitative estimate of drug-likeness (QED) is 0.437. The minimum absolute atomic E-state index is 0.00326. The van der Waals surface area contributed by atoms with E-state index in [4.69, 9.17) is 16.6 Å². The summed E-state index contributed by atoms with van der Waals surface area (Å²) in [5, 5.41) is 3.40. The number of carbonyl (C=O) groups is 2. The van der Waals surface area contributed by atoms with Gasteiger partial charge in [-0.25, -0.2) is 4.98 Å². The van der Waals surface area contributed by atoms with Gasteiger partial charge in [0, 0.05) is 17.3 Å². The highest BCUT2D eigenvalue weighted by atomic mass is 35.5. The molecular weight excluding hydrogens is 436 g/mol. The number of nitrogens with one attached hydrogen (secondary N) is 1. The average molecular weight is 459 g/mol. The minimum atomic E-state index is -0.688. The van der Waals surface area contributed by atoms with Crippen LogP contribution < -0.4 is 5.32 Å². The zero-order valence-electron chi connectivity index (χ0n) is 18.1. The molecule has 0 spiro atoms. The van der Waals surface area contributed by atoms with Crippen molar-refractivity contribution in [3.8, 4) is 0 Å². The van der Waals surface area contributed by atoms with Crippen LogP contribution in [0.4, 0.5) is 5.69 Å². The Kier molecular flexibility index (Phi) is 5.60. The molecular formula is C26H23ClN4O2. The van der Waals surface area contributed by atoms with Crippen LogP contribution in [0.25, 0.3) is 11.0 Å². The molecule has 2 heterocycles. The SMILES string of the molecule is C[C@H]1c2nc3ccccc3n2[C@@H](CC(=O)Nc2cccc(Cl)c2)C(=O)N1Cc1ccccc1. The van der Waals surface area contributed by atoms with Crippen LogP contribution >= 0.6 is 11.6 Å². The summed E-state index contributed by atoms with van der Waals surface area (Å²) >= 11 is 6.05. The van der Waals surface area contributed by atoms with Crippen molar-refractivity contribution < 1.29 is 9.59 Å². The van der Waals surface area contributed by atoms with E-state index in [-0.39, 0.29) is 24.3 Å². The van der Waals surface area contributed by atoms with Crippen molar-refractivity contribution in [1.29, 1.82) is 0 Å². The van der Waals surface area contributed by atoms with Crippen LogP contribution in [0.3, 0.4) is 0 Å². The Morgan fingerprint density at radius 2 is 1.79 bits per heavy atom. The lowest BCUT2D eigenvalue weighted by Gasteiger charge is -2.38. The Bertz CT molecular complexity index is 1330. The Hall–Kier alpha value is -3.64. The van der Waals surface area contributed by atoms with E-state index in [0.717, 1.165) is 22.4 Å².